The maximum atomic E-state index is 13.1. The van der Waals surface area contributed by atoms with Crippen LogP contribution in [0.25, 0.3) is 5.69 Å². The molecule has 13 heteroatoms. The summed E-state index contributed by atoms with van der Waals surface area (Å²) in [6.07, 6.45) is -4.62. The molecule has 0 atom stereocenters. The number of rotatable bonds is 9. The molecule has 9 nitrogen and oxygen atoms in total. The number of aromatic nitrogens is 4. The first-order valence-electron chi connectivity index (χ1n) is 10.0. The lowest BCUT2D eigenvalue weighted by Crippen LogP contribution is -2.36. The van der Waals surface area contributed by atoms with Crippen molar-refractivity contribution in [2.45, 2.75) is 18.3 Å². The van der Waals surface area contributed by atoms with E-state index in [-0.39, 0.29) is 11.4 Å². The number of nitrogens with zero attached hydrogens (tertiary/aromatic N) is 5. The van der Waals surface area contributed by atoms with Gasteiger partial charge in [-0.3, -0.25) is 9.59 Å². The first-order chi connectivity index (χ1) is 16.2. The predicted octanol–water partition coefficient (Wildman–Crippen LogP) is 3.27. The Bertz CT molecular complexity index is 1150. The number of hydrogen-bond donors (Lipinski definition) is 1. The van der Waals surface area contributed by atoms with Gasteiger partial charge in [-0.2, -0.15) is 17.9 Å². The third-order valence-corrected chi connectivity index (χ3v) is 5.38. The van der Waals surface area contributed by atoms with Crippen LogP contribution in [0.5, 0.6) is 5.75 Å². The molecular formula is C21H21F3N6O3S. The van der Waals surface area contributed by atoms with Gasteiger partial charge in [0.25, 0.3) is 0 Å². The molecule has 3 aromatic rings. The number of hydrogen-bond acceptors (Lipinski definition) is 7. The number of nitrogens with one attached hydrogen (secondary N) is 1. The first kappa shape index (κ1) is 25.0. The third kappa shape index (κ3) is 6.25. The van der Waals surface area contributed by atoms with Gasteiger partial charge in [0.2, 0.25) is 17.0 Å². The average molecular weight is 494 g/mol. The number of anilines is 1. The third-order valence-electron chi connectivity index (χ3n) is 4.47. The summed E-state index contributed by atoms with van der Waals surface area (Å²) >= 11 is 1.05. The van der Waals surface area contributed by atoms with Gasteiger partial charge in [0, 0.05) is 7.05 Å². The van der Waals surface area contributed by atoms with Gasteiger partial charge in [0.1, 0.15) is 11.4 Å². The zero-order chi connectivity index (χ0) is 24.7. The summed E-state index contributed by atoms with van der Waals surface area (Å²) in [6, 6.07) is 11.8. The second kappa shape index (κ2) is 11.0. The minimum atomic E-state index is -4.62. The molecule has 0 spiro atoms. The van der Waals surface area contributed by atoms with Crippen molar-refractivity contribution in [2.75, 3.05) is 31.3 Å². The first-order valence-corrected chi connectivity index (χ1v) is 11.0. The molecule has 0 saturated carbocycles. The maximum Gasteiger partial charge on any atom is 0.418 e. The topological polar surface area (TPSA) is 102 Å². The van der Waals surface area contributed by atoms with E-state index < -0.39 is 30.1 Å². The van der Waals surface area contributed by atoms with E-state index in [1.54, 1.807) is 18.2 Å². The molecule has 0 aliphatic rings. The van der Waals surface area contributed by atoms with E-state index in [1.165, 1.54) is 23.9 Å². The highest BCUT2D eigenvalue weighted by Gasteiger charge is 2.33. The Morgan fingerprint density at radius 1 is 1.15 bits per heavy atom. The number of carbonyl (C=O) groups is 2. The minimum absolute atomic E-state index is 0.0971. The van der Waals surface area contributed by atoms with Gasteiger partial charge in [0.15, 0.2) is 0 Å². The molecule has 180 valence electrons. The molecule has 2 aromatic carbocycles. The molecule has 0 aliphatic carbocycles. The number of tetrazole rings is 1. The Balaban J connectivity index is 1.60. The highest BCUT2D eigenvalue weighted by atomic mass is 32.2. The molecule has 1 N–H and O–H groups in total. The van der Waals surface area contributed by atoms with Crippen LogP contribution in [0.2, 0.25) is 0 Å². The summed E-state index contributed by atoms with van der Waals surface area (Å²) in [4.78, 5) is 25.9. The Labute approximate surface area is 197 Å². The largest absolute Gasteiger partial charge is 0.492 e. The number of thioether (sulfide) groups is 1. The Morgan fingerprint density at radius 3 is 2.59 bits per heavy atom. The van der Waals surface area contributed by atoms with E-state index in [9.17, 15) is 22.8 Å². The fourth-order valence-electron chi connectivity index (χ4n) is 2.90. The van der Waals surface area contributed by atoms with Crippen LogP contribution in [0.3, 0.4) is 0 Å². The van der Waals surface area contributed by atoms with E-state index >= 15 is 0 Å². The number of carbonyl (C=O) groups excluding carboxylic acids is 2. The van der Waals surface area contributed by atoms with Crippen molar-refractivity contribution in [3.8, 4) is 11.4 Å². The number of benzene rings is 2. The molecule has 2 amide bonds. The zero-order valence-corrected chi connectivity index (χ0v) is 19.1. The Kier molecular flexibility index (Phi) is 8.10. The highest BCUT2D eigenvalue weighted by molar-refractivity contribution is 7.99. The fraction of sp³-hybridized carbons (Fsp3) is 0.286. The lowest BCUT2D eigenvalue weighted by atomic mass is 10.1. The van der Waals surface area contributed by atoms with Crippen molar-refractivity contribution in [3.63, 3.8) is 0 Å². The number of ether oxygens (including phenoxy) is 1. The summed E-state index contributed by atoms with van der Waals surface area (Å²) in [5, 5.41) is 14.1. The smallest absolute Gasteiger partial charge is 0.418 e. The average Bonchev–Trinajstić information content (AvgIpc) is 3.26. The van der Waals surface area contributed by atoms with Crippen LogP contribution in [-0.4, -0.2) is 62.9 Å². The standard InChI is InChI=1S/C21H21F3N6O3S/c1-3-33-17-11-7-6-10-16(17)30-20(26-27-28-30)34-13-19(32)29(2)12-18(31)25-15-9-5-4-8-14(15)21(22,23)24/h4-11H,3,12-13H2,1-2H3,(H,25,31). The van der Waals surface area contributed by atoms with Gasteiger partial charge in [-0.15, -0.1) is 5.10 Å². The molecule has 0 saturated heterocycles. The van der Waals surface area contributed by atoms with Crippen molar-refractivity contribution in [2.24, 2.45) is 0 Å². The second-order valence-electron chi connectivity index (χ2n) is 6.90. The van der Waals surface area contributed by atoms with Gasteiger partial charge < -0.3 is 15.0 Å². The quantitative estimate of drug-likeness (QED) is 0.456. The van der Waals surface area contributed by atoms with Crippen LogP contribution in [-0.2, 0) is 15.8 Å². The Hall–Kier alpha value is -3.61. The van der Waals surface area contributed by atoms with Crippen molar-refractivity contribution in [3.05, 3.63) is 54.1 Å². The Morgan fingerprint density at radius 2 is 1.85 bits per heavy atom. The number of amides is 2. The number of para-hydroxylation sites is 3. The van der Waals surface area contributed by atoms with Gasteiger partial charge in [-0.05, 0) is 41.6 Å². The fourth-order valence-corrected chi connectivity index (χ4v) is 3.72. The molecule has 1 aromatic heterocycles. The molecular weight excluding hydrogens is 473 g/mol. The highest BCUT2D eigenvalue weighted by Crippen LogP contribution is 2.34. The lowest BCUT2D eigenvalue weighted by Gasteiger charge is -2.18. The van der Waals surface area contributed by atoms with Gasteiger partial charge in [0.05, 0.1) is 30.2 Å². The normalized spacial score (nSPS) is 11.2. The molecule has 0 radical (unpaired) electrons. The molecule has 34 heavy (non-hydrogen) atoms. The van der Waals surface area contributed by atoms with E-state index in [4.69, 9.17) is 4.74 Å². The summed E-state index contributed by atoms with van der Waals surface area (Å²) in [5.74, 6) is -0.719. The molecule has 0 aliphatic heterocycles. The number of likely N-dealkylation sites (N-methyl/N-ethyl adjacent to an activating group) is 1. The summed E-state index contributed by atoms with van der Waals surface area (Å²) in [6.45, 7) is 1.86. The van der Waals surface area contributed by atoms with E-state index in [0.29, 0.717) is 23.2 Å². The van der Waals surface area contributed by atoms with Crippen LogP contribution in [0.4, 0.5) is 18.9 Å². The van der Waals surface area contributed by atoms with Crippen molar-refractivity contribution in [1.82, 2.24) is 25.1 Å². The summed E-state index contributed by atoms with van der Waals surface area (Å²) in [5.41, 5.74) is -0.741. The lowest BCUT2D eigenvalue weighted by molar-refractivity contribution is -0.137. The second-order valence-corrected chi connectivity index (χ2v) is 7.85. The van der Waals surface area contributed by atoms with E-state index in [2.05, 4.69) is 20.8 Å². The maximum absolute atomic E-state index is 13.1. The van der Waals surface area contributed by atoms with Crippen LogP contribution in [0.15, 0.2) is 53.7 Å². The van der Waals surface area contributed by atoms with Gasteiger partial charge >= 0.3 is 6.18 Å². The SMILES string of the molecule is CCOc1ccccc1-n1nnnc1SCC(=O)N(C)CC(=O)Nc1ccccc1C(F)(F)F. The monoisotopic (exact) mass is 494 g/mol. The van der Waals surface area contributed by atoms with Crippen molar-refractivity contribution in [1.29, 1.82) is 0 Å². The molecule has 0 bridgehead atoms. The van der Waals surface area contributed by atoms with Crippen LogP contribution < -0.4 is 10.1 Å². The zero-order valence-electron chi connectivity index (χ0n) is 18.2. The predicted molar refractivity (Wildman–Crippen MR) is 119 cm³/mol. The van der Waals surface area contributed by atoms with Crippen molar-refractivity contribution < 1.29 is 27.5 Å². The molecule has 1 heterocycles. The van der Waals surface area contributed by atoms with E-state index in [0.717, 1.165) is 28.8 Å². The summed E-state index contributed by atoms with van der Waals surface area (Å²) in [7, 11) is 1.38. The summed E-state index contributed by atoms with van der Waals surface area (Å²) < 4.78 is 46.3. The number of halogens is 3. The van der Waals surface area contributed by atoms with Crippen LogP contribution in [0, 0.1) is 0 Å². The minimum Gasteiger partial charge on any atom is -0.492 e. The van der Waals surface area contributed by atoms with Crippen LogP contribution >= 0.6 is 11.8 Å². The van der Waals surface area contributed by atoms with Gasteiger partial charge in [-0.1, -0.05) is 36.0 Å². The molecule has 0 unspecified atom stereocenters. The molecule has 3 rings (SSSR count). The number of alkyl halides is 3. The van der Waals surface area contributed by atoms with E-state index in [1.807, 2.05) is 13.0 Å². The van der Waals surface area contributed by atoms with Crippen LogP contribution in [0.1, 0.15) is 12.5 Å². The molecule has 0 fully saturated rings. The van der Waals surface area contributed by atoms with Crippen molar-refractivity contribution >= 4 is 29.3 Å². The van der Waals surface area contributed by atoms with Gasteiger partial charge in [-0.25, -0.2) is 0 Å².